The van der Waals surface area contributed by atoms with Gasteiger partial charge in [-0.3, -0.25) is 4.98 Å². The summed E-state index contributed by atoms with van der Waals surface area (Å²) in [7, 11) is 0. The van der Waals surface area contributed by atoms with Gasteiger partial charge in [-0.1, -0.05) is 32.0 Å². The van der Waals surface area contributed by atoms with Gasteiger partial charge in [0.2, 0.25) is 0 Å². The second-order valence-corrected chi connectivity index (χ2v) is 4.60. The number of aromatic nitrogens is 1. The van der Waals surface area contributed by atoms with E-state index in [1.54, 1.807) is 0 Å². The van der Waals surface area contributed by atoms with Crippen molar-refractivity contribution in [2.75, 3.05) is 0 Å². The fourth-order valence-electron chi connectivity index (χ4n) is 2.16. The minimum absolute atomic E-state index is 0.593. The SMILES string of the molecule is CCC(O)(CC)Cc1ccnc2ccccc12. The average Bonchev–Trinajstić information content (AvgIpc) is 2.39. The molecule has 2 rings (SSSR count). The molecule has 0 radical (unpaired) electrons. The van der Waals surface area contributed by atoms with E-state index in [2.05, 4.69) is 11.1 Å². The van der Waals surface area contributed by atoms with Crippen molar-refractivity contribution in [3.05, 3.63) is 42.1 Å². The predicted octanol–water partition coefficient (Wildman–Crippen LogP) is 3.33. The molecule has 1 aromatic carbocycles. The maximum Gasteiger partial charge on any atom is 0.0704 e. The smallest absolute Gasteiger partial charge is 0.0704 e. The first-order valence-corrected chi connectivity index (χ1v) is 6.23. The van der Waals surface area contributed by atoms with E-state index < -0.39 is 5.60 Å². The molecule has 2 heteroatoms. The molecule has 0 atom stereocenters. The number of benzene rings is 1. The van der Waals surface area contributed by atoms with Crippen LogP contribution in [-0.4, -0.2) is 15.7 Å². The minimum Gasteiger partial charge on any atom is -0.390 e. The van der Waals surface area contributed by atoms with Gasteiger partial charge in [0, 0.05) is 18.0 Å². The fraction of sp³-hybridized carbons (Fsp3) is 0.400. The highest BCUT2D eigenvalue weighted by atomic mass is 16.3. The largest absolute Gasteiger partial charge is 0.390 e. The Morgan fingerprint density at radius 3 is 2.53 bits per heavy atom. The number of pyridine rings is 1. The van der Waals surface area contributed by atoms with E-state index >= 15 is 0 Å². The van der Waals surface area contributed by atoms with Crippen LogP contribution in [0.3, 0.4) is 0 Å². The second kappa shape index (κ2) is 4.84. The molecule has 90 valence electrons. The third-order valence-corrected chi connectivity index (χ3v) is 3.58. The number of nitrogens with zero attached hydrogens (tertiary/aromatic N) is 1. The summed E-state index contributed by atoms with van der Waals surface area (Å²) >= 11 is 0. The van der Waals surface area contributed by atoms with Gasteiger partial charge in [0.1, 0.15) is 0 Å². The van der Waals surface area contributed by atoms with Gasteiger partial charge in [-0.25, -0.2) is 0 Å². The fourth-order valence-corrected chi connectivity index (χ4v) is 2.16. The van der Waals surface area contributed by atoms with E-state index in [9.17, 15) is 5.11 Å². The van der Waals surface area contributed by atoms with Crippen molar-refractivity contribution >= 4 is 10.9 Å². The molecule has 0 spiro atoms. The van der Waals surface area contributed by atoms with Crippen LogP contribution in [0, 0.1) is 0 Å². The molecule has 0 unspecified atom stereocenters. The van der Waals surface area contributed by atoms with Crippen molar-refractivity contribution in [2.24, 2.45) is 0 Å². The van der Waals surface area contributed by atoms with Gasteiger partial charge in [-0.15, -0.1) is 0 Å². The van der Waals surface area contributed by atoms with Crippen LogP contribution in [0.1, 0.15) is 32.3 Å². The van der Waals surface area contributed by atoms with Gasteiger partial charge in [-0.2, -0.15) is 0 Å². The average molecular weight is 229 g/mol. The molecule has 1 aromatic heterocycles. The topological polar surface area (TPSA) is 33.1 Å². The van der Waals surface area contributed by atoms with Crippen LogP contribution in [0.2, 0.25) is 0 Å². The Bertz CT molecular complexity index is 498. The first-order chi connectivity index (χ1) is 8.18. The molecule has 1 heterocycles. The Morgan fingerprint density at radius 1 is 1.12 bits per heavy atom. The van der Waals surface area contributed by atoms with Crippen molar-refractivity contribution in [1.82, 2.24) is 4.98 Å². The summed E-state index contributed by atoms with van der Waals surface area (Å²) in [4.78, 5) is 4.34. The van der Waals surface area contributed by atoms with Gasteiger partial charge in [-0.05, 0) is 30.5 Å². The minimum atomic E-state index is -0.593. The molecule has 17 heavy (non-hydrogen) atoms. The quantitative estimate of drug-likeness (QED) is 0.872. The number of hydrogen-bond acceptors (Lipinski definition) is 2. The lowest BCUT2D eigenvalue weighted by molar-refractivity contribution is 0.0329. The monoisotopic (exact) mass is 229 g/mol. The van der Waals surface area contributed by atoms with Crippen LogP contribution in [0.4, 0.5) is 0 Å². The molecular formula is C15H19NO. The number of para-hydroxylation sites is 1. The van der Waals surface area contributed by atoms with Gasteiger partial charge >= 0.3 is 0 Å². The number of hydrogen-bond donors (Lipinski definition) is 1. The van der Waals surface area contributed by atoms with E-state index in [1.165, 1.54) is 5.56 Å². The molecule has 0 aliphatic rings. The summed E-state index contributed by atoms with van der Waals surface area (Å²) in [5.74, 6) is 0. The lowest BCUT2D eigenvalue weighted by atomic mass is 9.88. The normalized spacial score (nSPS) is 11.9. The summed E-state index contributed by atoms with van der Waals surface area (Å²) in [6.07, 6.45) is 4.08. The summed E-state index contributed by atoms with van der Waals surface area (Å²) in [6, 6.07) is 10.1. The molecule has 0 aliphatic carbocycles. The molecular weight excluding hydrogens is 210 g/mol. The highest BCUT2D eigenvalue weighted by Gasteiger charge is 2.23. The summed E-state index contributed by atoms with van der Waals surface area (Å²) in [5.41, 5.74) is 1.59. The van der Waals surface area contributed by atoms with Crippen molar-refractivity contribution in [1.29, 1.82) is 0 Å². The Hall–Kier alpha value is -1.41. The van der Waals surface area contributed by atoms with E-state index in [1.807, 2.05) is 44.3 Å². The molecule has 0 fully saturated rings. The van der Waals surface area contributed by atoms with Gasteiger partial charge in [0.25, 0.3) is 0 Å². The first kappa shape index (κ1) is 12.1. The van der Waals surface area contributed by atoms with Crippen LogP contribution in [0.5, 0.6) is 0 Å². The lowest BCUT2D eigenvalue weighted by Crippen LogP contribution is -2.29. The highest BCUT2D eigenvalue weighted by molar-refractivity contribution is 5.81. The lowest BCUT2D eigenvalue weighted by Gasteiger charge is -2.25. The molecule has 2 aromatic rings. The summed E-state index contributed by atoms with van der Waals surface area (Å²) in [5, 5.41) is 11.6. The van der Waals surface area contributed by atoms with Gasteiger partial charge in [0.15, 0.2) is 0 Å². The summed E-state index contributed by atoms with van der Waals surface area (Å²) < 4.78 is 0. The zero-order valence-electron chi connectivity index (χ0n) is 10.5. The van der Waals surface area contributed by atoms with E-state index in [4.69, 9.17) is 0 Å². The third-order valence-electron chi connectivity index (χ3n) is 3.58. The molecule has 1 N–H and O–H groups in total. The Morgan fingerprint density at radius 2 is 1.82 bits per heavy atom. The maximum absolute atomic E-state index is 10.4. The molecule has 0 saturated carbocycles. The molecule has 0 bridgehead atoms. The third kappa shape index (κ3) is 2.47. The van der Waals surface area contributed by atoms with E-state index in [0.29, 0.717) is 6.42 Å². The molecule has 0 aliphatic heterocycles. The highest BCUT2D eigenvalue weighted by Crippen LogP contribution is 2.25. The number of rotatable bonds is 4. The van der Waals surface area contributed by atoms with Gasteiger partial charge < -0.3 is 5.11 Å². The Kier molecular flexibility index (Phi) is 3.43. The standard InChI is InChI=1S/C15H19NO/c1-3-15(17,4-2)11-12-9-10-16-14-8-6-5-7-13(12)14/h5-10,17H,3-4,11H2,1-2H3. The molecule has 0 saturated heterocycles. The van der Waals surface area contributed by atoms with E-state index in [-0.39, 0.29) is 0 Å². The zero-order valence-corrected chi connectivity index (χ0v) is 10.5. The van der Waals surface area contributed by atoms with Gasteiger partial charge in [0.05, 0.1) is 11.1 Å². The van der Waals surface area contributed by atoms with Crippen molar-refractivity contribution in [2.45, 2.75) is 38.7 Å². The van der Waals surface area contributed by atoms with Crippen LogP contribution < -0.4 is 0 Å². The maximum atomic E-state index is 10.4. The second-order valence-electron chi connectivity index (χ2n) is 4.60. The predicted molar refractivity (Wildman–Crippen MR) is 71.0 cm³/mol. The van der Waals surface area contributed by atoms with Crippen LogP contribution in [0.15, 0.2) is 36.5 Å². The summed E-state index contributed by atoms with van der Waals surface area (Å²) in [6.45, 7) is 4.07. The van der Waals surface area contributed by atoms with E-state index in [0.717, 1.165) is 23.7 Å². The number of fused-ring (bicyclic) bond motifs is 1. The molecule has 0 amide bonds. The van der Waals surface area contributed by atoms with Crippen LogP contribution in [-0.2, 0) is 6.42 Å². The number of aliphatic hydroxyl groups is 1. The van der Waals surface area contributed by atoms with Crippen molar-refractivity contribution in [3.8, 4) is 0 Å². The first-order valence-electron chi connectivity index (χ1n) is 6.23. The zero-order chi connectivity index (χ0) is 12.3. The van der Waals surface area contributed by atoms with Crippen molar-refractivity contribution < 1.29 is 5.11 Å². The van der Waals surface area contributed by atoms with Crippen LogP contribution >= 0.6 is 0 Å². The molecule has 2 nitrogen and oxygen atoms in total. The van der Waals surface area contributed by atoms with Crippen LogP contribution in [0.25, 0.3) is 10.9 Å². The Labute approximate surface area is 102 Å². The van der Waals surface area contributed by atoms with Crippen molar-refractivity contribution in [3.63, 3.8) is 0 Å². The Balaban J connectivity index is 2.42.